The van der Waals surface area contributed by atoms with Gasteiger partial charge in [-0.2, -0.15) is 5.10 Å². The Bertz CT molecular complexity index is 311. The zero-order valence-electron chi connectivity index (χ0n) is 7.57. The van der Waals surface area contributed by atoms with E-state index in [4.69, 9.17) is 11.6 Å². The van der Waals surface area contributed by atoms with E-state index in [1.165, 1.54) is 0 Å². The van der Waals surface area contributed by atoms with E-state index in [-0.39, 0.29) is 12.1 Å². The van der Waals surface area contributed by atoms with Gasteiger partial charge in [-0.1, -0.05) is 11.6 Å². The lowest BCUT2D eigenvalue weighted by Gasteiger charge is -2.16. The van der Waals surface area contributed by atoms with Gasteiger partial charge in [0, 0.05) is 0 Å². The van der Waals surface area contributed by atoms with Crippen molar-refractivity contribution in [3.8, 4) is 0 Å². The van der Waals surface area contributed by atoms with Crippen LogP contribution in [-0.2, 0) is 0 Å². The summed E-state index contributed by atoms with van der Waals surface area (Å²) in [6.45, 7) is 1.93. The summed E-state index contributed by atoms with van der Waals surface area (Å²) in [5, 5.41) is 14.5. The van der Waals surface area contributed by atoms with E-state index in [9.17, 15) is 5.11 Å². The third kappa shape index (κ3) is 1.46. The van der Waals surface area contributed by atoms with E-state index in [1.807, 2.05) is 11.6 Å². The Labute approximate surface area is 82.3 Å². The molecule has 4 heteroatoms. The van der Waals surface area contributed by atoms with Crippen molar-refractivity contribution in [2.24, 2.45) is 0 Å². The van der Waals surface area contributed by atoms with Gasteiger partial charge in [0.2, 0.25) is 0 Å². The molecule has 0 amide bonds. The Balaban J connectivity index is 2.29. The first-order chi connectivity index (χ1) is 6.20. The molecular formula is C9H13ClN2O. The van der Waals surface area contributed by atoms with E-state index in [2.05, 4.69) is 5.10 Å². The van der Waals surface area contributed by atoms with E-state index >= 15 is 0 Å². The first-order valence-corrected chi connectivity index (χ1v) is 4.95. The highest BCUT2D eigenvalue weighted by atomic mass is 35.5. The van der Waals surface area contributed by atoms with Crippen LogP contribution >= 0.6 is 11.6 Å². The maximum Gasteiger partial charge on any atom is 0.0815 e. The van der Waals surface area contributed by atoms with Gasteiger partial charge in [-0.05, 0) is 26.2 Å². The minimum absolute atomic E-state index is 0.132. The number of aliphatic hydroxyl groups is 1. The van der Waals surface area contributed by atoms with Crippen LogP contribution in [0.4, 0.5) is 0 Å². The maximum atomic E-state index is 9.67. The monoisotopic (exact) mass is 200 g/mol. The standard InChI is InChI=1S/C9H13ClN2O/c1-6-7(10)5-11-12(6)8-3-2-4-9(8)13/h5,8-9,13H,2-4H2,1H3/t8-,9-/m0/s1. The van der Waals surface area contributed by atoms with Crippen LogP contribution in [0.2, 0.25) is 5.02 Å². The smallest absolute Gasteiger partial charge is 0.0815 e. The maximum absolute atomic E-state index is 9.67. The molecule has 13 heavy (non-hydrogen) atoms. The molecule has 2 atom stereocenters. The summed E-state index contributed by atoms with van der Waals surface area (Å²) in [5.74, 6) is 0. The summed E-state index contributed by atoms with van der Waals surface area (Å²) >= 11 is 5.89. The molecule has 1 aromatic heterocycles. The van der Waals surface area contributed by atoms with Crippen LogP contribution in [0, 0.1) is 6.92 Å². The summed E-state index contributed by atoms with van der Waals surface area (Å²) in [5.41, 5.74) is 0.951. The van der Waals surface area contributed by atoms with Crippen molar-refractivity contribution in [2.45, 2.75) is 38.3 Å². The average molecular weight is 201 g/mol. The van der Waals surface area contributed by atoms with Crippen LogP contribution in [-0.4, -0.2) is 21.0 Å². The molecular weight excluding hydrogens is 188 g/mol. The minimum Gasteiger partial charge on any atom is -0.391 e. The normalized spacial score (nSPS) is 28.2. The molecule has 72 valence electrons. The highest BCUT2D eigenvalue weighted by molar-refractivity contribution is 6.31. The average Bonchev–Trinajstić information content (AvgIpc) is 2.62. The molecule has 0 aromatic carbocycles. The second kappa shape index (κ2) is 3.31. The van der Waals surface area contributed by atoms with E-state index in [0.717, 1.165) is 25.0 Å². The zero-order chi connectivity index (χ0) is 9.42. The van der Waals surface area contributed by atoms with Gasteiger partial charge in [0.05, 0.1) is 29.1 Å². The number of hydrogen-bond acceptors (Lipinski definition) is 2. The second-order valence-electron chi connectivity index (χ2n) is 3.59. The van der Waals surface area contributed by atoms with Crippen LogP contribution in [0.25, 0.3) is 0 Å². The SMILES string of the molecule is Cc1c(Cl)cnn1[C@H]1CCC[C@@H]1O. The Morgan fingerprint density at radius 1 is 1.62 bits per heavy atom. The van der Waals surface area contributed by atoms with Crippen molar-refractivity contribution in [1.82, 2.24) is 9.78 Å². The molecule has 0 bridgehead atoms. The molecule has 0 spiro atoms. The van der Waals surface area contributed by atoms with Crippen molar-refractivity contribution in [2.75, 3.05) is 0 Å². The lowest BCUT2D eigenvalue weighted by molar-refractivity contribution is 0.129. The van der Waals surface area contributed by atoms with Gasteiger partial charge in [-0.3, -0.25) is 4.68 Å². The highest BCUT2D eigenvalue weighted by Crippen LogP contribution is 2.31. The lowest BCUT2D eigenvalue weighted by Crippen LogP contribution is -2.20. The van der Waals surface area contributed by atoms with Gasteiger partial charge in [0.25, 0.3) is 0 Å². The first-order valence-electron chi connectivity index (χ1n) is 4.58. The Morgan fingerprint density at radius 2 is 2.38 bits per heavy atom. The third-order valence-electron chi connectivity index (χ3n) is 2.74. The fraction of sp³-hybridized carbons (Fsp3) is 0.667. The lowest BCUT2D eigenvalue weighted by atomic mass is 10.2. The van der Waals surface area contributed by atoms with Gasteiger partial charge in [-0.15, -0.1) is 0 Å². The molecule has 1 N–H and O–H groups in total. The molecule has 0 saturated heterocycles. The van der Waals surface area contributed by atoms with Crippen molar-refractivity contribution in [3.63, 3.8) is 0 Å². The van der Waals surface area contributed by atoms with Crippen LogP contribution in [0.1, 0.15) is 31.0 Å². The minimum atomic E-state index is -0.255. The predicted octanol–water partition coefficient (Wildman–Crippen LogP) is 1.93. The van der Waals surface area contributed by atoms with E-state index in [0.29, 0.717) is 5.02 Å². The van der Waals surface area contributed by atoms with Crippen LogP contribution in [0.5, 0.6) is 0 Å². The van der Waals surface area contributed by atoms with Crippen LogP contribution < -0.4 is 0 Å². The van der Waals surface area contributed by atoms with Gasteiger partial charge in [-0.25, -0.2) is 0 Å². The number of rotatable bonds is 1. The van der Waals surface area contributed by atoms with Crippen LogP contribution in [0.3, 0.4) is 0 Å². The summed E-state index contributed by atoms with van der Waals surface area (Å²) in [7, 11) is 0. The van der Waals surface area contributed by atoms with Crippen molar-refractivity contribution in [1.29, 1.82) is 0 Å². The summed E-state index contributed by atoms with van der Waals surface area (Å²) < 4.78 is 1.85. The summed E-state index contributed by atoms with van der Waals surface area (Å²) in [4.78, 5) is 0. The number of hydrogen-bond donors (Lipinski definition) is 1. The molecule has 0 unspecified atom stereocenters. The molecule has 1 saturated carbocycles. The highest BCUT2D eigenvalue weighted by Gasteiger charge is 2.28. The quantitative estimate of drug-likeness (QED) is 0.753. The Hall–Kier alpha value is -0.540. The number of aromatic nitrogens is 2. The molecule has 2 rings (SSSR count). The molecule has 1 heterocycles. The van der Waals surface area contributed by atoms with E-state index < -0.39 is 0 Å². The predicted molar refractivity (Wildman–Crippen MR) is 50.9 cm³/mol. The molecule has 1 aliphatic carbocycles. The van der Waals surface area contributed by atoms with Crippen LogP contribution in [0.15, 0.2) is 6.20 Å². The van der Waals surface area contributed by atoms with Gasteiger partial charge < -0.3 is 5.11 Å². The summed E-state index contributed by atoms with van der Waals surface area (Å²) in [6.07, 6.45) is 4.33. The largest absolute Gasteiger partial charge is 0.391 e. The van der Waals surface area contributed by atoms with Crippen molar-refractivity contribution >= 4 is 11.6 Å². The molecule has 0 radical (unpaired) electrons. The fourth-order valence-electron chi connectivity index (χ4n) is 1.94. The van der Waals surface area contributed by atoms with Gasteiger partial charge in [0.1, 0.15) is 0 Å². The number of nitrogens with zero attached hydrogens (tertiary/aromatic N) is 2. The van der Waals surface area contributed by atoms with Crippen molar-refractivity contribution < 1.29 is 5.11 Å². The number of aliphatic hydroxyl groups excluding tert-OH is 1. The van der Waals surface area contributed by atoms with Crippen molar-refractivity contribution in [3.05, 3.63) is 16.9 Å². The molecule has 0 aliphatic heterocycles. The zero-order valence-corrected chi connectivity index (χ0v) is 8.33. The third-order valence-corrected chi connectivity index (χ3v) is 3.11. The second-order valence-corrected chi connectivity index (χ2v) is 4.00. The Kier molecular flexibility index (Phi) is 2.30. The summed E-state index contributed by atoms with van der Waals surface area (Å²) in [6, 6.07) is 0.132. The number of halogens is 1. The molecule has 1 fully saturated rings. The topological polar surface area (TPSA) is 38.0 Å². The molecule has 3 nitrogen and oxygen atoms in total. The Morgan fingerprint density at radius 3 is 2.85 bits per heavy atom. The fourth-order valence-corrected chi connectivity index (χ4v) is 2.07. The first kappa shape index (κ1) is 9.03. The van der Waals surface area contributed by atoms with Gasteiger partial charge >= 0.3 is 0 Å². The van der Waals surface area contributed by atoms with Gasteiger partial charge in [0.15, 0.2) is 0 Å². The molecule has 1 aromatic rings. The van der Waals surface area contributed by atoms with E-state index in [1.54, 1.807) is 6.20 Å². The molecule has 1 aliphatic rings.